The van der Waals surface area contributed by atoms with Gasteiger partial charge in [-0.05, 0) is 27.1 Å². The molecule has 0 saturated carbocycles. The summed E-state index contributed by atoms with van der Waals surface area (Å²) in [6, 6.07) is 1.25. The first kappa shape index (κ1) is 13.0. The Morgan fingerprint density at radius 1 is 1.18 bits per heavy atom. The van der Waals surface area contributed by atoms with E-state index in [0.717, 1.165) is 0 Å². The first-order valence-electron chi connectivity index (χ1n) is 3.92. The SMILES string of the molecule is CCCCCN(C)C.N=C=N. The summed E-state index contributed by atoms with van der Waals surface area (Å²) in [5.41, 5.74) is 0. The van der Waals surface area contributed by atoms with Crippen LogP contribution in [0.4, 0.5) is 0 Å². The Hall–Kier alpha value is -0.660. The van der Waals surface area contributed by atoms with E-state index in [1.165, 1.54) is 31.8 Å². The molecule has 0 heterocycles. The lowest BCUT2D eigenvalue weighted by Gasteiger charge is -2.06. The number of nitrogens with one attached hydrogen (secondary N) is 2. The second-order valence-corrected chi connectivity index (χ2v) is 2.64. The van der Waals surface area contributed by atoms with Crippen LogP contribution in [0.25, 0.3) is 0 Å². The molecule has 0 aromatic carbocycles. The van der Waals surface area contributed by atoms with Gasteiger partial charge in [-0.15, -0.1) is 0 Å². The van der Waals surface area contributed by atoms with Crippen LogP contribution in [0.15, 0.2) is 0 Å². The van der Waals surface area contributed by atoms with Crippen LogP contribution in [-0.2, 0) is 0 Å². The van der Waals surface area contributed by atoms with Crippen molar-refractivity contribution < 1.29 is 0 Å². The van der Waals surface area contributed by atoms with Crippen molar-refractivity contribution in [2.24, 2.45) is 0 Å². The average molecular weight is 157 g/mol. The lowest BCUT2D eigenvalue weighted by atomic mass is 10.2. The monoisotopic (exact) mass is 157 g/mol. The number of rotatable bonds is 4. The maximum absolute atomic E-state index is 5.62. The summed E-state index contributed by atoms with van der Waals surface area (Å²) in [6.45, 7) is 3.48. The summed E-state index contributed by atoms with van der Waals surface area (Å²) in [5.74, 6) is 0. The van der Waals surface area contributed by atoms with Gasteiger partial charge < -0.3 is 4.90 Å². The predicted octanol–water partition coefficient (Wildman–Crippen LogP) is 2.06. The van der Waals surface area contributed by atoms with Crippen LogP contribution < -0.4 is 0 Å². The maximum atomic E-state index is 5.62. The average Bonchev–Trinajstić information content (AvgIpc) is 1.89. The zero-order valence-corrected chi connectivity index (χ0v) is 7.78. The molecule has 2 N–H and O–H groups in total. The van der Waals surface area contributed by atoms with E-state index < -0.39 is 0 Å². The Morgan fingerprint density at radius 2 is 1.64 bits per heavy atom. The Kier molecular flexibility index (Phi) is 14.2. The molecule has 0 amide bonds. The van der Waals surface area contributed by atoms with Gasteiger partial charge in [-0.1, -0.05) is 19.8 Å². The molecule has 0 aliphatic carbocycles. The summed E-state index contributed by atoms with van der Waals surface area (Å²) in [7, 11) is 4.24. The summed E-state index contributed by atoms with van der Waals surface area (Å²) < 4.78 is 0. The molecule has 0 spiro atoms. The van der Waals surface area contributed by atoms with E-state index in [9.17, 15) is 0 Å². The Balaban J connectivity index is 0. The van der Waals surface area contributed by atoms with Gasteiger partial charge in [0, 0.05) is 0 Å². The maximum Gasteiger partial charge on any atom is 0.0831 e. The minimum atomic E-state index is 1.24. The van der Waals surface area contributed by atoms with Crippen LogP contribution in [0.2, 0.25) is 0 Å². The van der Waals surface area contributed by atoms with Gasteiger partial charge in [-0.25, -0.2) is 10.8 Å². The molecular weight excluding hydrogens is 138 g/mol. The molecule has 66 valence electrons. The Bertz CT molecular complexity index is 93.5. The van der Waals surface area contributed by atoms with Crippen molar-refractivity contribution in [3.63, 3.8) is 0 Å². The van der Waals surface area contributed by atoms with Gasteiger partial charge in [0.2, 0.25) is 0 Å². The molecule has 0 radical (unpaired) electrons. The van der Waals surface area contributed by atoms with Crippen LogP contribution >= 0.6 is 0 Å². The standard InChI is InChI=1S/C7H17N.CH2N2/c1-4-5-6-7-8(2)3;2-1-3/h4-7H2,1-3H3;2-3H. The highest BCUT2D eigenvalue weighted by Gasteiger charge is 1.86. The number of hydrogen-bond donors (Lipinski definition) is 2. The van der Waals surface area contributed by atoms with Crippen molar-refractivity contribution in [2.45, 2.75) is 26.2 Å². The lowest BCUT2D eigenvalue weighted by molar-refractivity contribution is 0.393. The van der Waals surface area contributed by atoms with Crippen molar-refractivity contribution in [2.75, 3.05) is 20.6 Å². The molecule has 0 unspecified atom stereocenters. The second-order valence-electron chi connectivity index (χ2n) is 2.64. The minimum Gasteiger partial charge on any atom is -0.309 e. The Morgan fingerprint density at radius 3 is 1.91 bits per heavy atom. The fourth-order valence-electron chi connectivity index (χ4n) is 0.678. The summed E-state index contributed by atoms with van der Waals surface area (Å²) in [5, 5.41) is 11.2. The van der Waals surface area contributed by atoms with Gasteiger partial charge in [-0.2, -0.15) is 0 Å². The van der Waals surface area contributed by atoms with Crippen LogP contribution in [0.3, 0.4) is 0 Å². The minimum absolute atomic E-state index is 1.24. The molecule has 3 nitrogen and oxygen atoms in total. The van der Waals surface area contributed by atoms with Crippen LogP contribution in [0, 0.1) is 10.8 Å². The van der Waals surface area contributed by atoms with Crippen molar-refractivity contribution in [3.8, 4) is 0 Å². The topological polar surface area (TPSA) is 50.9 Å². The number of unbranched alkanes of at least 4 members (excludes halogenated alkanes) is 2. The van der Waals surface area contributed by atoms with Crippen LogP contribution in [0.1, 0.15) is 26.2 Å². The molecular formula is C8H19N3. The van der Waals surface area contributed by atoms with E-state index in [4.69, 9.17) is 10.8 Å². The van der Waals surface area contributed by atoms with Crippen molar-refractivity contribution in [1.29, 1.82) is 10.8 Å². The highest BCUT2D eigenvalue weighted by Crippen LogP contribution is 1.93. The smallest absolute Gasteiger partial charge is 0.0831 e. The van der Waals surface area contributed by atoms with E-state index in [1.807, 2.05) is 0 Å². The largest absolute Gasteiger partial charge is 0.309 e. The molecule has 0 aromatic heterocycles. The normalized spacial score (nSPS) is 8.36. The van der Waals surface area contributed by atoms with Crippen LogP contribution in [0.5, 0.6) is 0 Å². The Labute approximate surface area is 69.4 Å². The molecule has 0 aromatic rings. The van der Waals surface area contributed by atoms with E-state index in [2.05, 4.69) is 25.9 Å². The molecule has 0 atom stereocenters. The predicted molar refractivity (Wildman–Crippen MR) is 48.5 cm³/mol. The second kappa shape index (κ2) is 12.1. The fraction of sp³-hybridized carbons (Fsp3) is 0.875. The molecule has 0 bridgehead atoms. The van der Waals surface area contributed by atoms with Gasteiger partial charge in [-0.3, -0.25) is 0 Å². The zero-order valence-electron chi connectivity index (χ0n) is 7.78. The summed E-state index contributed by atoms with van der Waals surface area (Å²) in [6.07, 6.45) is 4.05. The van der Waals surface area contributed by atoms with E-state index >= 15 is 0 Å². The summed E-state index contributed by atoms with van der Waals surface area (Å²) >= 11 is 0. The van der Waals surface area contributed by atoms with Gasteiger partial charge in [0.25, 0.3) is 0 Å². The highest BCUT2D eigenvalue weighted by molar-refractivity contribution is 5.29. The fourth-order valence-corrected chi connectivity index (χ4v) is 0.678. The molecule has 3 heteroatoms. The van der Waals surface area contributed by atoms with Gasteiger partial charge in [0.1, 0.15) is 0 Å². The quantitative estimate of drug-likeness (QED) is 0.476. The number of nitrogens with zero attached hydrogens (tertiary/aromatic N) is 1. The van der Waals surface area contributed by atoms with Crippen molar-refractivity contribution in [3.05, 3.63) is 0 Å². The molecule has 0 aliphatic heterocycles. The van der Waals surface area contributed by atoms with E-state index in [1.54, 1.807) is 0 Å². The van der Waals surface area contributed by atoms with Crippen LogP contribution in [-0.4, -0.2) is 31.5 Å². The first-order chi connectivity index (χ1) is 5.18. The van der Waals surface area contributed by atoms with Gasteiger partial charge in [0.05, 0.1) is 6.01 Å². The zero-order chi connectivity index (χ0) is 9.11. The lowest BCUT2D eigenvalue weighted by Crippen LogP contribution is -2.12. The molecule has 0 aliphatic rings. The first-order valence-corrected chi connectivity index (χ1v) is 3.92. The van der Waals surface area contributed by atoms with E-state index in [-0.39, 0.29) is 0 Å². The molecule has 0 fully saturated rings. The van der Waals surface area contributed by atoms with Gasteiger partial charge in [0.15, 0.2) is 0 Å². The molecule has 0 rings (SSSR count). The third kappa shape index (κ3) is 26.7. The third-order valence-corrected chi connectivity index (χ3v) is 1.21. The number of hydrogen-bond acceptors (Lipinski definition) is 3. The highest BCUT2D eigenvalue weighted by atomic mass is 15.0. The summed E-state index contributed by atoms with van der Waals surface area (Å²) in [4.78, 5) is 2.23. The molecule has 11 heavy (non-hydrogen) atoms. The van der Waals surface area contributed by atoms with Gasteiger partial charge >= 0.3 is 0 Å². The van der Waals surface area contributed by atoms with Crippen molar-refractivity contribution in [1.82, 2.24) is 4.90 Å². The van der Waals surface area contributed by atoms with E-state index in [0.29, 0.717) is 0 Å². The third-order valence-electron chi connectivity index (χ3n) is 1.21. The molecule has 0 saturated heterocycles. The van der Waals surface area contributed by atoms with Crippen molar-refractivity contribution >= 4 is 6.01 Å².